The summed E-state index contributed by atoms with van der Waals surface area (Å²) in [7, 11) is 0. The van der Waals surface area contributed by atoms with Gasteiger partial charge in [-0.3, -0.25) is 0 Å². The first-order valence-electron chi connectivity index (χ1n) is 9.82. The van der Waals surface area contributed by atoms with Crippen LogP contribution in [0, 0.1) is 18.6 Å². The molecule has 0 saturated heterocycles. The lowest BCUT2D eigenvalue weighted by Crippen LogP contribution is -2.37. The molecule has 1 N–H and O–H groups in total. The zero-order chi connectivity index (χ0) is 21.8. The molecule has 0 amide bonds. The largest absolute Gasteiger partial charge is 0.381 e. The van der Waals surface area contributed by atoms with Crippen molar-refractivity contribution >= 4 is 12.2 Å². The van der Waals surface area contributed by atoms with Crippen LogP contribution in [-0.4, -0.2) is 24.4 Å². The van der Waals surface area contributed by atoms with Crippen LogP contribution >= 0.6 is 0 Å². The van der Waals surface area contributed by atoms with E-state index >= 15 is 0 Å². The number of aliphatic hydroxyl groups is 1. The molecule has 0 bridgehead atoms. The second-order valence-corrected chi connectivity index (χ2v) is 7.61. The maximum Gasteiger partial charge on any atom is 0.137 e. The fourth-order valence-corrected chi connectivity index (χ4v) is 3.50. The average Bonchev–Trinajstić information content (AvgIpc) is 3.39. The topological polar surface area (TPSA) is 55.9 Å². The quantitative estimate of drug-likeness (QED) is 0.481. The van der Waals surface area contributed by atoms with E-state index in [4.69, 9.17) is 0 Å². The van der Waals surface area contributed by atoms with Gasteiger partial charge >= 0.3 is 0 Å². The highest BCUT2D eigenvalue weighted by molar-refractivity contribution is 5.69. The van der Waals surface area contributed by atoms with Gasteiger partial charge in [-0.15, -0.1) is 0 Å². The molecule has 2 aromatic heterocycles. The van der Waals surface area contributed by atoms with Crippen LogP contribution in [-0.2, 0) is 18.7 Å². The molecule has 2 heterocycles. The number of rotatable bonds is 7. The Bertz CT molecular complexity index is 1180. The van der Waals surface area contributed by atoms with Gasteiger partial charge in [-0.05, 0) is 30.2 Å². The lowest BCUT2D eigenvalue weighted by Gasteiger charge is -2.29. The smallest absolute Gasteiger partial charge is 0.137 e. The van der Waals surface area contributed by atoms with E-state index in [1.54, 1.807) is 4.57 Å². The van der Waals surface area contributed by atoms with Crippen molar-refractivity contribution in [2.75, 3.05) is 0 Å². The van der Waals surface area contributed by atoms with E-state index in [9.17, 15) is 13.9 Å². The maximum absolute atomic E-state index is 14.6. The second kappa shape index (κ2) is 8.65. The number of hydrogen-bond donors (Lipinski definition) is 1. The highest BCUT2D eigenvalue weighted by Crippen LogP contribution is 2.29. The minimum atomic E-state index is -1.66. The van der Waals surface area contributed by atoms with Crippen molar-refractivity contribution in [1.82, 2.24) is 19.3 Å². The molecule has 7 heteroatoms. The van der Waals surface area contributed by atoms with E-state index in [1.807, 2.05) is 61.8 Å². The summed E-state index contributed by atoms with van der Waals surface area (Å²) in [4.78, 5) is 3.88. The van der Waals surface area contributed by atoms with Crippen LogP contribution in [0.2, 0.25) is 0 Å². The molecule has 0 radical (unpaired) electrons. The van der Waals surface area contributed by atoms with E-state index in [0.717, 1.165) is 23.3 Å². The Morgan fingerprint density at radius 2 is 1.77 bits per heavy atom. The van der Waals surface area contributed by atoms with Crippen molar-refractivity contribution in [1.29, 1.82) is 0 Å². The third-order valence-corrected chi connectivity index (χ3v) is 5.09. The number of benzene rings is 2. The zero-order valence-electron chi connectivity index (χ0n) is 17.0. The van der Waals surface area contributed by atoms with Gasteiger partial charge in [-0.2, -0.15) is 5.10 Å². The SMILES string of the molecule is Cc1ccc(/C=C/c2ccn(CC(O)(Cn3cncn3)c3ccc(F)cc3F)c2)cc1. The summed E-state index contributed by atoms with van der Waals surface area (Å²) in [5.74, 6) is -1.51. The molecule has 1 atom stereocenters. The van der Waals surface area contributed by atoms with Crippen molar-refractivity contribution in [3.05, 3.63) is 107 Å². The Morgan fingerprint density at radius 3 is 2.48 bits per heavy atom. The molecule has 1 unspecified atom stereocenters. The summed E-state index contributed by atoms with van der Waals surface area (Å²) < 4.78 is 31.2. The predicted octanol–water partition coefficient (Wildman–Crippen LogP) is 4.42. The van der Waals surface area contributed by atoms with Crippen LogP contribution in [0.25, 0.3) is 12.2 Å². The normalized spacial score (nSPS) is 13.5. The van der Waals surface area contributed by atoms with Crippen LogP contribution in [0.5, 0.6) is 0 Å². The number of aryl methyl sites for hydroxylation is 1. The minimum absolute atomic E-state index is 0.00477. The lowest BCUT2D eigenvalue weighted by atomic mass is 9.92. The van der Waals surface area contributed by atoms with Crippen LogP contribution in [0.3, 0.4) is 0 Å². The highest BCUT2D eigenvalue weighted by atomic mass is 19.1. The van der Waals surface area contributed by atoms with Crippen molar-refractivity contribution in [3.63, 3.8) is 0 Å². The molecular weight excluding hydrogens is 398 g/mol. The van der Waals surface area contributed by atoms with Gasteiger partial charge < -0.3 is 9.67 Å². The summed E-state index contributed by atoms with van der Waals surface area (Å²) in [5.41, 5.74) is 1.54. The fraction of sp³-hybridized carbons (Fsp3) is 0.167. The van der Waals surface area contributed by atoms with Crippen molar-refractivity contribution in [2.45, 2.75) is 25.6 Å². The molecule has 2 aromatic carbocycles. The van der Waals surface area contributed by atoms with Crippen LogP contribution in [0.4, 0.5) is 8.78 Å². The van der Waals surface area contributed by atoms with Crippen LogP contribution < -0.4 is 0 Å². The second-order valence-electron chi connectivity index (χ2n) is 7.61. The Hall–Kier alpha value is -3.58. The van der Waals surface area contributed by atoms with Gasteiger partial charge in [-0.25, -0.2) is 18.4 Å². The fourth-order valence-electron chi connectivity index (χ4n) is 3.50. The van der Waals surface area contributed by atoms with Gasteiger partial charge in [0.1, 0.15) is 29.9 Å². The number of hydrogen-bond acceptors (Lipinski definition) is 3. The Labute approximate surface area is 178 Å². The number of nitrogens with zero attached hydrogens (tertiary/aromatic N) is 4. The zero-order valence-corrected chi connectivity index (χ0v) is 17.0. The van der Waals surface area contributed by atoms with E-state index in [1.165, 1.54) is 29.0 Å². The highest BCUT2D eigenvalue weighted by Gasteiger charge is 2.34. The third-order valence-electron chi connectivity index (χ3n) is 5.09. The van der Waals surface area contributed by atoms with Crippen molar-refractivity contribution < 1.29 is 13.9 Å². The molecule has 31 heavy (non-hydrogen) atoms. The van der Waals surface area contributed by atoms with Crippen molar-refractivity contribution in [2.24, 2.45) is 0 Å². The molecule has 0 saturated carbocycles. The summed E-state index contributed by atoms with van der Waals surface area (Å²) in [5, 5.41) is 15.5. The number of aromatic nitrogens is 4. The van der Waals surface area contributed by atoms with Gasteiger partial charge in [0.05, 0.1) is 13.1 Å². The monoisotopic (exact) mass is 420 g/mol. The minimum Gasteiger partial charge on any atom is -0.381 e. The van der Waals surface area contributed by atoms with Gasteiger partial charge in [-0.1, -0.05) is 48.0 Å². The molecular formula is C24H22F2N4O. The molecule has 0 fully saturated rings. The van der Waals surface area contributed by atoms with Gasteiger partial charge in [0, 0.05) is 24.0 Å². The molecule has 0 aliphatic rings. The van der Waals surface area contributed by atoms with E-state index in [0.29, 0.717) is 0 Å². The Morgan fingerprint density at radius 1 is 1.00 bits per heavy atom. The van der Waals surface area contributed by atoms with Crippen molar-refractivity contribution in [3.8, 4) is 0 Å². The van der Waals surface area contributed by atoms with E-state index < -0.39 is 17.2 Å². The van der Waals surface area contributed by atoms with E-state index in [-0.39, 0.29) is 18.7 Å². The third kappa shape index (κ3) is 4.95. The van der Waals surface area contributed by atoms with Gasteiger partial charge in [0.25, 0.3) is 0 Å². The molecule has 4 rings (SSSR count). The maximum atomic E-state index is 14.6. The summed E-state index contributed by atoms with van der Waals surface area (Å²) in [6.07, 6.45) is 10.4. The van der Waals surface area contributed by atoms with Crippen LogP contribution in [0.1, 0.15) is 22.3 Å². The predicted molar refractivity (Wildman–Crippen MR) is 115 cm³/mol. The summed E-state index contributed by atoms with van der Waals surface area (Å²) >= 11 is 0. The summed E-state index contributed by atoms with van der Waals surface area (Å²) in [6, 6.07) is 13.3. The first kappa shape index (κ1) is 20.7. The average molecular weight is 420 g/mol. The van der Waals surface area contributed by atoms with E-state index in [2.05, 4.69) is 10.1 Å². The molecule has 0 aliphatic carbocycles. The summed E-state index contributed by atoms with van der Waals surface area (Å²) in [6.45, 7) is 2.05. The first-order chi connectivity index (χ1) is 14.9. The lowest BCUT2D eigenvalue weighted by molar-refractivity contribution is -0.00534. The first-order valence-corrected chi connectivity index (χ1v) is 9.82. The Kier molecular flexibility index (Phi) is 5.77. The molecule has 0 aliphatic heterocycles. The van der Waals surface area contributed by atoms with Gasteiger partial charge in [0.2, 0.25) is 0 Å². The molecule has 4 aromatic rings. The van der Waals surface area contributed by atoms with Crippen LogP contribution in [0.15, 0.2) is 73.6 Å². The van der Waals surface area contributed by atoms with Gasteiger partial charge in [0.15, 0.2) is 0 Å². The Balaban J connectivity index is 1.59. The molecule has 0 spiro atoms. The molecule has 5 nitrogen and oxygen atoms in total. The number of halogens is 2. The molecule has 158 valence electrons. The standard InChI is InChI=1S/C24H22F2N4O/c1-18-2-4-19(5-3-18)6-7-20-10-11-29(13-20)14-24(31,15-30-17-27-16-28-30)22-9-8-21(25)12-23(22)26/h2-13,16-17,31H,14-15H2,1H3/b7-6+.